The first-order valence-electron chi connectivity index (χ1n) is 9.15. The molecule has 0 atom stereocenters. The summed E-state index contributed by atoms with van der Waals surface area (Å²) in [7, 11) is 2.11. The van der Waals surface area contributed by atoms with E-state index >= 15 is 0 Å². The second-order valence-corrected chi connectivity index (χ2v) is 6.69. The number of hydrogen-bond acceptors (Lipinski definition) is 5. The predicted molar refractivity (Wildman–Crippen MR) is 110 cm³/mol. The van der Waals surface area contributed by atoms with Crippen molar-refractivity contribution in [2.75, 3.05) is 38.1 Å². The Balaban J connectivity index is 1.72. The van der Waals surface area contributed by atoms with Gasteiger partial charge < -0.3 is 14.9 Å². The fourth-order valence-electron chi connectivity index (χ4n) is 3.04. The summed E-state index contributed by atoms with van der Waals surface area (Å²) in [5.74, 6) is -1.07. The molecule has 0 radical (unpaired) electrons. The molecule has 28 heavy (non-hydrogen) atoms. The van der Waals surface area contributed by atoms with Gasteiger partial charge >= 0.3 is 5.97 Å². The van der Waals surface area contributed by atoms with Crippen LogP contribution in [-0.4, -0.2) is 60.0 Å². The number of carboxylic acid groups (broad SMARTS) is 1. The number of ketones is 1. The number of anilines is 1. The summed E-state index contributed by atoms with van der Waals surface area (Å²) in [6.45, 7) is 3.76. The zero-order valence-electron chi connectivity index (χ0n) is 15.8. The summed E-state index contributed by atoms with van der Waals surface area (Å²) in [5, 5.41) is 8.64. The molecule has 0 saturated carbocycles. The monoisotopic (exact) mass is 377 g/mol. The van der Waals surface area contributed by atoms with Gasteiger partial charge in [-0.25, -0.2) is 4.79 Å². The first-order valence-corrected chi connectivity index (χ1v) is 9.15. The highest BCUT2D eigenvalue weighted by Crippen LogP contribution is 2.23. The second kappa shape index (κ2) is 9.10. The lowest BCUT2D eigenvalue weighted by Gasteiger charge is -2.34. The molecular weight excluding hydrogens is 354 g/mol. The topological polar surface area (TPSA) is 73.7 Å². The maximum absolute atomic E-state index is 12.8. The molecule has 2 aromatic rings. The van der Waals surface area contributed by atoms with E-state index in [0.29, 0.717) is 11.3 Å². The Kier molecular flexibility index (Phi) is 6.34. The number of likely N-dealkylation sites (N-methyl/N-ethyl adjacent to an activating group) is 1. The molecule has 1 saturated heterocycles. The molecule has 0 amide bonds. The Bertz CT molecular complexity index is 895. The van der Waals surface area contributed by atoms with Crippen LogP contribution in [0.2, 0.25) is 0 Å². The van der Waals surface area contributed by atoms with Crippen LogP contribution >= 0.6 is 0 Å². The van der Waals surface area contributed by atoms with Crippen molar-refractivity contribution in [2.45, 2.75) is 0 Å². The number of carbonyl (C=O) groups excluding carboxylic acids is 1. The van der Waals surface area contributed by atoms with Crippen LogP contribution in [0.5, 0.6) is 0 Å². The summed E-state index contributed by atoms with van der Waals surface area (Å²) in [5.41, 5.74) is 2.99. The number of carbonyl (C=O) groups is 2. The van der Waals surface area contributed by atoms with Crippen LogP contribution < -0.4 is 4.90 Å². The molecule has 3 rings (SSSR count). The van der Waals surface area contributed by atoms with E-state index in [-0.39, 0.29) is 5.78 Å². The van der Waals surface area contributed by atoms with Crippen molar-refractivity contribution in [3.63, 3.8) is 0 Å². The van der Waals surface area contributed by atoms with E-state index in [1.807, 2.05) is 24.3 Å². The maximum Gasteiger partial charge on any atom is 0.328 e. The van der Waals surface area contributed by atoms with Gasteiger partial charge in [0, 0.05) is 49.7 Å². The highest BCUT2D eigenvalue weighted by Gasteiger charge is 2.18. The largest absolute Gasteiger partial charge is 0.478 e. The molecular formula is C22H23N3O3. The molecule has 1 aliphatic rings. The minimum Gasteiger partial charge on any atom is -0.478 e. The predicted octanol–water partition coefficient (Wildman–Crippen LogP) is 2.83. The number of pyridine rings is 1. The number of carboxylic acids is 1. The van der Waals surface area contributed by atoms with Crippen molar-refractivity contribution in [3.8, 4) is 0 Å². The number of rotatable bonds is 6. The Hall–Kier alpha value is -3.25. The van der Waals surface area contributed by atoms with E-state index in [2.05, 4.69) is 21.8 Å². The lowest BCUT2D eigenvalue weighted by atomic mass is 10.1. The summed E-state index contributed by atoms with van der Waals surface area (Å²) < 4.78 is 0. The molecule has 1 fully saturated rings. The third kappa shape index (κ3) is 5.14. The van der Waals surface area contributed by atoms with Crippen LogP contribution in [0.25, 0.3) is 12.2 Å². The minimum atomic E-state index is -1.02. The summed E-state index contributed by atoms with van der Waals surface area (Å²) in [6, 6.07) is 11.2. The average Bonchev–Trinajstić information content (AvgIpc) is 2.72. The standard InChI is InChI=1S/C22H23N3O3/c1-24-12-14-25(15-13-24)20-5-3-2-4-19(20)21(26)10-7-17-6-8-18(23-16-17)9-11-22(27)28/h2-11,16H,12-15H2,1H3,(H,27,28)/b10-7+,11-9+. The van der Waals surface area contributed by atoms with Gasteiger partial charge in [-0.2, -0.15) is 0 Å². The van der Waals surface area contributed by atoms with Crippen LogP contribution in [0.3, 0.4) is 0 Å². The quantitative estimate of drug-likeness (QED) is 0.616. The summed E-state index contributed by atoms with van der Waals surface area (Å²) in [4.78, 5) is 32.0. The number of nitrogens with zero attached hydrogens (tertiary/aromatic N) is 3. The van der Waals surface area contributed by atoms with Gasteiger partial charge in [0.15, 0.2) is 5.78 Å². The third-order valence-corrected chi connectivity index (χ3v) is 4.65. The lowest BCUT2D eigenvalue weighted by Crippen LogP contribution is -2.44. The van der Waals surface area contributed by atoms with E-state index in [0.717, 1.165) is 43.5 Å². The van der Waals surface area contributed by atoms with E-state index in [1.165, 1.54) is 6.08 Å². The molecule has 144 valence electrons. The van der Waals surface area contributed by atoms with Gasteiger partial charge in [0.25, 0.3) is 0 Å². The van der Waals surface area contributed by atoms with Crippen LogP contribution in [0.1, 0.15) is 21.6 Å². The van der Waals surface area contributed by atoms with Gasteiger partial charge in [-0.15, -0.1) is 0 Å². The molecule has 0 spiro atoms. The highest BCUT2D eigenvalue weighted by molar-refractivity contribution is 6.10. The van der Waals surface area contributed by atoms with Crippen molar-refractivity contribution in [2.24, 2.45) is 0 Å². The van der Waals surface area contributed by atoms with E-state index in [9.17, 15) is 9.59 Å². The number of piperazine rings is 1. The Morgan fingerprint density at radius 2 is 1.75 bits per heavy atom. The van der Waals surface area contributed by atoms with Gasteiger partial charge in [-0.1, -0.05) is 18.2 Å². The van der Waals surface area contributed by atoms with Crippen LogP contribution in [0.4, 0.5) is 5.69 Å². The molecule has 0 unspecified atom stereocenters. The number of hydrogen-bond donors (Lipinski definition) is 1. The zero-order chi connectivity index (χ0) is 19.9. The normalized spacial score (nSPS) is 15.4. The van der Waals surface area contributed by atoms with Crippen molar-refractivity contribution >= 4 is 29.6 Å². The molecule has 0 aliphatic carbocycles. The summed E-state index contributed by atoms with van der Waals surface area (Å²) in [6.07, 6.45) is 7.35. The Morgan fingerprint density at radius 1 is 1.00 bits per heavy atom. The molecule has 2 heterocycles. The Labute approximate surface area is 164 Å². The van der Waals surface area contributed by atoms with Crippen molar-refractivity contribution in [3.05, 3.63) is 71.6 Å². The van der Waals surface area contributed by atoms with Gasteiger partial charge in [0.1, 0.15) is 0 Å². The first-order chi connectivity index (χ1) is 13.5. The van der Waals surface area contributed by atoms with Gasteiger partial charge in [-0.05, 0) is 49.0 Å². The van der Waals surface area contributed by atoms with Gasteiger partial charge in [0.05, 0.1) is 5.69 Å². The average molecular weight is 377 g/mol. The zero-order valence-corrected chi connectivity index (χ0v) is 15.8. The molecule has 1 aliphatic heterocycles. The third-order valence-electron chi connectivity index (χ3n) is 4.65. The summed E-state index contributed by atoms with van der Waals surface area (Å²) >= 11 is 0. The van der Waals surface area contributed by atoms with Gasteiger partial charge in [0.2, 0.25) is 0 Å². The fourth-order valence-corrected chi connectivity index (χ4v) is 3.04. The van der Waals surface area contributed by atoms with Gasteiger partial charge in [-0.3, -0.25) is 9.78 Å². The molecule has 1 N–H and O–H groups in total. The van der Waals surface area contributed by atoms with E-state index in [4.69, 9.17) is 5.11 Å². The maximum atomic E-state index is 12.8. The Morgan fingerprint density at radius 3 is 2.43 bits per heavy atom. The van der Waals surface area contributed by atoms with Crippen molar-refractivity contribution < 1.29 is 14.7 Å². The highest BCUT2D eigenvalue weighted by atomic mass is 16.4. The second-order valence-electron chi connectivity index (χ2n) is 6.69. The molecule has 1 aromatic heterocycles. The number of allylic oxidation sites excluding steroid dienone is 1. The lowest BCUT2D eigenvalue weighted by molar-refractivity contribution is -0.131. The first kappa shape index (κ1) is 19.5. The molecule has 0 bridgehead atoms. The smallest absolute Gasteiger partial charge is 0.328 e. The fraction of sp³-hybridized carbons (Fsp3) is 0.227. The number of aromatic nitrogens is 1. The molecule has 6 nitrogen and oxygen atoms in total. The van der Waals surface area contributed by atoms with E-state index < -0.39 is 5.97 Å². The number of aliphatic carboxylic acids is 1. The van der Waals surface area contributed by atoms with Crippen molar-refractivity contribution in [1.29, 1.82) is 0 Å². The molecule has 6 heteroatoms. The molecule has 1 aromatic carbocycles. The van der Waals surface area contributed by atoms with Crippen LogP contribution in [0.15, 0.2) is 54.7 Å². The minimum absolute atomic E-state index is 0.0515. The van der Waals surface area contributed by atoms with Crippen LogP contribution in [0, 0.1) is 0 Å². The van der Waals surface area contributed by atoms with Crippen molar-refractivity contribution in [1.82, 2.24) is 9.88 Å². The SMILES string of the molecule is CN1CCN(c2ccccc2C(=O)/C=C/c2ccc(/C=C/C(=O)O)nc2)CC1. The van der Waals surface area contributed by atoms with E-state index in [1.54, 1.807) is 30.5 Å². The van der Waals surface area contributed by atoms with Crippen LogP contribution in [-0.2, 0) is 4.79 Å². The number of benzene rings is 1. The number of para-hydroxylation sites is 1.